The van der Waals surface area contributed by atoms with Crippen LogP contribution in [-0.2, 0) is 0 Å². The molecule has 0 radical (unpaired) electrons. The van der Waals surface area contributed by atoms with Gasteiger partial charge in [-0.1, -0.05) is 32.8 Å². The van der Waals surface area contributed by atoms with Crippen LogP contribution in [0.2, 0.25) is 0 Å². The van der Waals surface area contributed by atoms with Gasteiger partial charge in [-0.05, 0) is 31.1 Å². The third-order valence-corrected chi connectivity index (χ3v) is 5.30. The largest absolute Gasteiger partial charge is 0.496 e. The van der Waals surface area contributed by atoms with Crippen molar-refractivity contribution in [1.29, 1.82) is 0 Å². The topological polar surface area (TPSA) is 35.2 Å². The zero-order chi connectivity index (χ0) is 13.9. The van der Waals surface area contributed by atoms with Crippen molar-refractivity contribution in [2.24, 2.45) is 5.73 Å². The molecule has 0 fully saturated rings. The number of hydrogen-bond donors (Lipinski definition) is 1. The first-order valence-corrected chi connectivity index (χ1v) is 7.82. The number of benzene rings is 1. The molecule has 0 unspecified atom stereocenters. The fourth-order valence-electron chi connectivity index (χ4n) is 2.81. The van der Waals surface area contributed by atoms with Crippen molar-refractivity contribution in [3.8, 4) is 5.75 Å². The van der Waals surface area contributed by atoms with Crippen molar-refractivity contribution in [3.63, 3.8) is 0 Å². The average Bonchev–Trinajstić information content (AvgIpc) is 2.40. The van der Waals surface area contributed by atoms with Crippen LogP contribution in [0.15, 0.2) is 28.8 Å². The highest BCUT2D eigenvalue weighted by atomic mass is 32.2. The van der Waals surface area contributed by atoms with Crippen molar-refractivity contribution < 1.29 is 4.74 Å². The van der Waals surface area contributed by atoms with Crippen LogP contribution in [0.1, 0.15) is 45.1 Å². The molecule has 0 amide bonds. The van der Waals surface area contributed by atoms with Crippen LogP contribution in [0, 0.1) is 0 Å². The van der Waals surface area contributed by atoms with E-state index in [1.165, 1.54) is 4.90 Å². The van der Waals surface area contributed by atoms with E-state index >= 15 is 0 Å². The monoisotopic (exact) mass is 277 g/mol. The van der Waals surface area contributed by atoms with Gasteiger partial charge in [0, 0.05) is 16.2 Å². The molecule has 104 valence electrons. The van der Waals surface area contributed by atoms with E-state index in [0.29, 0.717) is 0 Å². The van der Waals surface area contributed by atoms with Crippen LogP contribution in [0.4, 0.5) is 0 Å². The minimum Gasteiger partial charge on any atom is -0.496 e. The van der Waals surface area contributed by atoms with E-state index in [1.54, 1.807) is 7.11 Å². The van der Waals surface area contributed by atoms with Gasteiger partial charge in [0.2, 0.25) is 0 Å². The summed E-state index contributed by atoms with van der Waals surface area (Å²) < 4.78 is 5.51. The fraction of sp³-hybridized carbons (Fsp3) is 0.500. The summed E-state index contributed by atoms with van der Waals surface area (Å²) in [7, 11) is 1.71. The van der Waals surface area contributed by atoms with E-state index in [0.717, 1.165) is 42.7 Å². The van der Waals surface area contributed by atoms with Gasteiger partial charge in [-0.25, -0.2) is 0 Å². The van der Waals surface area contributed by atoms with Crippen LogP contribution in [-0.4, -0.2) is 11.9 Å². The molecule has 0 saturated heterocycles. The first-order valence-electron chi connectivity index (χ1n) is 7.00. The summed E-state index contributed by atoms with van der Waals surface area (Å²) in [6.07, 6.45) is 6.69. The highest BCUT2D eigenvalue weighted by Crippen LogP contribution is 2.50. The average molecular weight is 277 g/mol. The van der Waals surface area contributed by atoms with Gasteiger partial charge in [0.05, 0.1) is 11.9 Å². The second-order valence-electron chi connectivity index (χ2n) is 5.07. The lowest BCUT2D eigenvalue weighted by atomic mass is 9.92. The highest BCUT2D eigenvalue weighted by molar-refractivity contribution is 8.01. The van der Waals surface area contributed by atoms with E-state index in [9.17, 15) is 0 Å². The van der Waals surface area contributed by atoms with Gasteiger partial charge in [-0.15, -0.1) is 11.8 Å². The third-order valence-electron chi connectivity index (χ3n) is 3.68. The molecule has 1 aromatic rings. The Hall–Kier alpha value is -1.09. The number of methoxy groups -OCH3 is 1. The zero-order valence-corrected chi connectivity index (χ0v) is 12.8. The molecule has 2 nitrogen and oxygen atoms in total. The Bertz CT molecular complexity index is 476. The summed E-state index contributed by atoms with van der Waals surface area (Å²) in [5.74, 6) is 0.912. The summed E-state index contributed by atoms with van der Waals surface area (Å²) in [6, 6.07) is 6.23. The third kappa shape index (κ3) is 2.62. The molecule has 0 spiro atoms. The number of fused-ring (bicyclic) bond motifs is 1. The minimum atomic E-state index is 0.0723. The van der Waals surface area contributed by atoms with Crippen molar-refractivity contribution in [3.05, 3.63) is 29.5 Å². The minimum absolute atomic E-state index is 0.0723. The van der Waals surface area contributed by atoms with Crippen LogP contribution >= 0.6 is 11.8 Å². The Kier molecular flexibility index (Phi) is 4.46. The molecule has 0 aromatic heterocycles. The molecule has 0 saturated carbocycles. The SMILES string of the molecule is CCCC1(CCC)Sc2cccc(OC)c2C=C1N. The Morgan fingerprint density at radius 1 is 1.21 bits per heavy atom. The number of ether oxygens (including phenoxy) is 1. The molecule has 0 aliphatic carbocycles. The van der Waals surface area contributed by atoms with Gasteiger partial charge in [0.1, 0.15) is 5.75 Å². The number of rotatable bonds is 5. The van der Waals surface area contributed by atoms with Crippen LogP contribution in [0.5, 0.6) is 5.75 Å². The Morgan fingerprint density at radius 2 is 1.89 bits per heavy atom. The molecule has 19 heavy (non-hydrogen) atoms. The molecule has 2 N–H and O–H groups in total. The van der Waals surface area contributed by atoms with Crippen LogP contribution in [0.25, 0.3) is 6.08 Å². The lowest BCUT2D eigenvalue weighted by Gasteiger charge is -2.37. The maximum absolute atomic E-state index is 6.41. The highest BCUT2D eigenvalue weighted by Gasteiger charge is 2.36. The Balaban J connectivity index is 2.46. The standard InChI is InChI=1S/C16H23NOS/c1-4-9-16(10-5-2)15(17)11-12-13(18-3)7-6-8-14(12)19-16/h6-8,11H,4-5,9-10,17H2,1-3H3. The van der Waals surface area contributed by atoms with Gasteiger partial charge < -0.3 is 10.5 Å². The van der Waals surface area contributed by atoms with Gasteiger partial charge in [0.25, 0.3) is 0 Å². The van der Waals surface area contributed by atoms with E-state index in [1.807, 2.05) is 17.8 Å². The molecular weight excluding hydrogens is 254 g/mol. The molecule has 0 atom stereocenters. The van der Waals surface area contributed by atoms with Crippen molar-refractivity contribution in [2.45, 2.75) is 49.2 Å². The molecule has 1 aromatic carbocycles. The number of hydrogen-bond acceptors (Lipinski definition) is 3. The first-order chi connectivity index (χ1) is 9.16. The van der Waals surface area contributed by atoms with Crippen LogP contribution in [0.3, 0.4) is 0 Å². The molecular formula is C16H23NOS. The summed E-state index contributed by atoms with van der Waals surface area (Å²) in [5.41, 5.74) is 8.54. The quantitative estimate of drug-likeness (QED) is 0.864. The first kappa shape index (κ1) is 14.3. The molecule has 1 aliphatic rings. The lowest BCUT2D eigenvalue weighted by molar-refractivity contribution is 0.412. The molecule has 3 heteroatoms. The number of nitrogens with two attached hydrogens (primary N) is 1. The maximum Gasteiger partial charge on any atom is 0.127 e. The smallest absolute Gasteiger partial charge is 0.127 e. The summed E-state index contributed by atoms with van der Waals surface area (Å²) >= 11 is 1.92. The zero-order valence-electron chi connectivity index (χ0n) is 12.0. The molecule has 1 heterocycles. The summed E-state index contributed by atoms with van der Waals surface area (Å²) in [5, 5.41) is 0. The van der Waals surface area contributed by atoms with Gasteiger partial charge in [-0.3, -0.25) is 0 Å². The van der Waals surface area contributed by atoms with E-state index in [2.05, 4.69) is 32.1 Å². The van der Waals surface area contributed by atoms with Gasteiger partial charge >= 0.3 is 0 Å². The van der Waals surface area contributed by atoms with E-state index < -0.39 is 0 Å². The second-order valence-corrected chi connectivity index (χ2v) is 6.49. The predicted molar refractivity (Wildman–Crippen MR) is 83.6 cm³/mol. The number of thioether (sulfide) groups is 1. The summed E-state index contributed by atoms with van der Waals surface area (Å²) in [6.45, 7) is 4.46. The van der Waals surface area contributed by atoms with Crippen LogP contribution < -0.4 is 10.5 Å². The lowest BCUT2D eigenvalue weighted by Crippen LogP contribution is -2.33. The van der Waals surface area contributed by atoms with Gasteiger partial charge in [-0.2, -0.15) is 0 Å². The Labute approximate surface area is 120 Å². The van der Waals surface area contributed by atoms with E-state index in [4.69, 9.17) is 10.5 Å². The van der Waals surface area contributed by atoms with Crippen molar-refractivity contribution >= 4 is 17.8 Å². The van der Waals surface area contributed by atoms with Crippen molar-refractivity contribution in [1.82, 2.24) is 0 Å². The normalized spacial score (nSPS) is 16.7. The predicted octanol–water partition coefficient (Wildman–Crippen LogP) is 4.44. The molecule has 1 aliphatic heterocycles. The Morgan fingerprint density at radius 3 is 2.47 bits per heavy atom. The molecule has 2 rings (SSSR count). The van der Waals surface area contributed by atoms with Gasteiger partial charge in [0.15, 0.2) is 0 Å². The second kappa shape index (κ2) is 5.91. The van der Waals surface area contributed by atoms with E-state index in [-0.39, 0.29) is 4.75 Å². The summed E-state index contributed by atoms with van der Waals surface area (Å²) in [4.78, 5) is 1.29. The maximum atomic E-state index is 6.41. The molecule has 0 bridgehead atoms. The fourth-order valence-corrected chi connectivity index (χ4v) is 4.44. The van der Waals surface area contributed by atoms with Crippen molar-refractivity contribution in [2.75, 3.05) is 7.11 Å².